The molecule has 1 aliphatic rings. The molecular weight excluding hydrogens is 232 g/mol. The third-order valence-corrected chi connectivity index (χ3v) is 3.18. The Labute approximate surface area is 107 Å². The SMILES string of the molecule is COc1c(OC(C)=O)cc2c(c1OC)CCCC2. The first-order valence-corrected chi connectivity index (χ1v) is 6.12. The van der Waals surface area contributed by atoms with Gasteiger partial charge in [-0.2, -0.15) is 0 Å². The zero-order valence-electron chi connectivity index (χ0n) is 11.0. The average molecular weight is 250 g/mol. The van der Waals surface area contributed by atoms with Gasteiger partial charge in [0.25, 0.3) is 0 Å². The second-order valence-corrected chi connectivity index (χ2v) is 4.38. The molecule has 0 amide bonds. The van der Waals surface area contributed by atoms with Gasteiger partial charge < -0.3 is 14.2 Å². The monoisotopic (exact) mass is 250 g/mol. The Balaban J connectivity index is 2.56. The number of rotatable bonds is 3. The highest BCUT2D eigenvalue weighted by molar-refractivity contribution is 5.72. The van der Waals surface area contributed by atoms with Crippen LogP contribution in [0.25, 0.3) is 0 Å². The van der Waals surface area contributed by atoms with Crippen molar-refractivity contribution in [2.24, 2.45) is 0 Å². The summed E-state index contributed by atoms with van der Waals surface area (Å²) in [5.74, 6) is 1.30. The van der Waals surface area contributed by atoms with Gasteiger partial charge in [-0.1, -0.05) is 0 Å². The first-order chi connectivity index (χ1) is 8.67. The first kappa shape index (κ1) is 12.7. The zero-order valence-corrected chi connectivity index (χ0v) is 11.0. The number of aryl methyl sites for hydroxylation is 1. The maximum absolute atomic E-state index is 11.1. The lowest BCUT2D eigenvalue weighted by molar-refractivity contribution is -0.132. The summed E-state index contributed by atoms with van der Waals surface area (Å²) in [4.78, 5) is 11.1. The molecule has 0 aromatic heterocycles. The number of ether oxygens (including phenoxy) is 3. The molecule has 0 aliphatic heterocycles. The second kappa shape index (κ2) is 5.29. The van der Waals surface area contributed by atoms with Crippen LogP contribution in [0.5, 0.6) is 17.2 Å². The van der Waals surface area contributed by atoms with Crippen molar-refractivity contribution in [1.29, 1.82) is 0 Å². The predicted octanol–water partition coefficient (Wildman–Crippen LogP) is 2.51. The molecule has 0 saturated heterocycles. The van der Waals surface area contributed by atoms with Gasteiger partial charge in [-0.25, -0.2) is 0 Å². The topological polar surface area (TPSA) is 44.8 Å². The third kappa shape index (κ3) is 2.28. The Morgan fingerprint density at radius 1 is 1.11 bits per heavy atom. The van der Waals surface area contributed by atoms with Crippen molar-refractivity contribution in [3.63, 3.8) is 0 Å². The van der Waals surface area contributed by atoms with Crippen LogP contribution >= 0.6 is 0 Å². The van der Waals surface area contributed by atoms with Gasteiger partial charge in [0, 0.05) is 12.5 Å². The predicted molar refractivity (Wildman–Crippen MR) is 67.5 cm³/mol. The van der Waals surface area contributed by atoms with Crippen LogP contribution < -0.4 is 14.2 Å². The maximum Gasteiger partial charge on any atom is 0.308 e. The molecule has 0 atom stereocenters. The Kier molecular flexibility index (Phi) is 3.75. The molecule has 0 bridgehead atoms. The van der Waals surface area contributed by atoms with E-state index < -0.39 is 0 Å². The molecule has 18 heavy (non-hydrogen) atoms. The number of fused-ring (bicyclic) bond motifs is 1. The minimum atomic E-state index is -0.355. The zero-order chi connectivity index (χ0) is 13.1. The Hall–Kier alpha value is -1.71. The molecule has 0 unspecified atom stereocenters. The maximum atomic E-state index is 11.1. The molecule has 0 fully saturated rings. The Morgan fingerprint density at radius 3 is 2.39 bits per heavy atom. The van der Waals surface area contributed by atoms with Gasteiger partial charge in [-0.15, -0.1) is 0 Å². The van der Waals surface area contributed by atoms with Crippen molar-refractivity contribution in [3.8, 4) is 17.2 Å². The molecule has 0 N–H and O–H groups in total. The molecule has 1 aromatic rings. The van der Waals surface area contributed by atoms with Crippen molar-refractivity contribution in [1.82, 2.24) is 0 Å². The number of carbonyl (C=O) groups is 1. The molecule has 0 spiro atoms. The lowest BCUT2D eigenvalue weighted by atomic mass is 9.90. The van der Waals surface area contributed by atoms with E-state index in [9.17, 15) is 4.79 Å². The van der Waals surface area contributed by atoms with E-state index in [0.717, 1.165) is 25.7 Å². The highest BCUT2D eigenvalue weighted by Gasteiger charge is 2.23. The van der Waals surface area contributed by atoms with Gasteiger partial charge in [0.15, 0.2) is 11.5 Å². The van der Waals surface area contributed by atoms with Crippen LogP contribution in [-0.4, -0.2) is 20.2 Å². The summed E-state index contributed by atoms with van der Waals surface area (Å²) in [6.07, 6.45) is 4.28. The molecular formula is C14H18O4. The van der Waals surface area contributed by atoms with E-state index in [-0.39, 0.29) is 5.97 Å². The number of benzene rings is 1. The van der Waals surface area contributed by atoms with E-state index in [1.165, 1.54) is 18.1 Å². The number of carbonyl (C=O) groups excluding carboxylic acids is 1. The number of hydrogen-bond donors (Lipinski definition) is 0. The third-order valence-electron chi connectivity index (χ3n) is 3.18. The lowest BCUT2D eigenvalue weighted by Crippen LogP contribution is -2.10. The van der Waals surface area contributed by atoms with Gasteiger partial charge in [0.2, 0.25) is 5.75 Å². The van der Waals surface area contributed by atoms with Crippen molar-refractivity contribution < 1.29 is 19.0 Å². The molecule has 4 nitrogen and oxygen atoms in total. The molecule has 1 aliphatic carbocycles. The standard InChI is InChI=1S/C14H18O4/c1-9(15)18-12-8-10-6-4-5-7-11(10)13(16-2)14(12)17-3/h8H,4-7H2,1-3H3. The second-order valence-electron chi connectivity index (χ2n) is 4.38. The summed E-state index contributed by atoms with van der Waals surface area (Å²) >= 11 is 0. The number of hydrogen-bond acceptors (Lipinski definition) is 4. The minimum absolute atomic E-state index is 0.355. The van der Waals surface area contributed by atoms with E-state index in [0.29, 0.717) is 17.2 Å². The average Bonchev–Trinajstić information content (AvgIpc) is 2.36. The normalized spacial score (nSPS) is 13.7. The van der Waals surface area contributed by atoms with Crippen molar-refractivity contribution in [2.75, 3.05) is 14.2 Å². The van der Waals surface area contributed by atoms with Gasteiger partial charge >= 0.3 is 5.97 Å². The van der Waals surface area contributed by atoms with E-state index in [4.69, 9.17) is 14.2 Å². The smallest absolute Gasteiger partial charge is 0.308 e. The highest BCUT2D eigenvalue weighted by Crippen LogP contribution is 2.44. The van der Waals surface area contributed by atoms with E-state index in [1.54, 1.807) is 14.2 Å². The summed E-state index contributed by atoms with van der Waals surface area (Å²) in [7, 11) is 3.17. The van der Waals surface area contributed by atoms with Gasteiger partial charge in [0.05, 0.1) is 14.2 Å². The molecule has 1 aromatic carbocycles. The van der Waals surface area contributed by atoms with E-state index >= 15 is 0 Å². The fourth-order valence-corrected chi connectivity index (χ4v) is 2.46. The highest BCUT2D eigenvalue weighted by atomic mass is 16.6. The quantitative estimate of drug-likeness (QED) is 0.610. The largest absolute Gasteiger partial charge is 0.492 e. The molecule has 98 valence electrons. The molecule has 0 saturated carbocycles. The number of esters is 1. The van der Waals surface area contributed by atoms with Crippen LogP contribution in [0.3, 0.4) is 0 Å². The van der Waals surface area contributed by atoms with Crippen LogP contribution in [0.15, 0.2) is 6.07 Å². The Bertz CT molecular complexity index is 465. The molecule has 2 rings (SSSR count). The van der Waals surface area contributed by atoms with Crippen molar-refractivity contribution >= 4 is 5.97 Å². The first-order valence-electron chi connectivity index (χ1n) is 6.12. The van der Waals surface area contributed by atoms with Crippen LogP contribution in [0.2, 0.25) is 0 Å². The van der Waals surface area contributed by atoms with Crippen LogP contribution in [0.1, 0.15) is 30.9 Å². The summed E-state index contributed by atoms with van der Waals surface area (Å²) in [6.45, 7) is 1.38. The van der Waals surface area contributed by atoms with Crippen LogP contribution in [0, 0.1) is 0 Å². The number of methoxy groups -OCH3 is 2. The van der Waals surface area contributed by atoms with E-state index in [2.05, 4.69) is 0 Å². The van der Waals surface area contributed by atoms with E-state index in [1.807, 2.05) is 6.07 Å². The lowest BCUT2D eigenvalue weighted by Gasteiger charge is -2.22. The Morgan fingerprint density at radius 2 is 1.78 bits per heavy atom. The minimum Gasteiger partial charge on any atom is -0.492 e. The van der Waals surface area contributed by atoms with Crippen molar-refractivity contribution in [3.05, 3.63) is 17.2 Å². The fourth-order valence-electron chi connectivity index (χ4n) is 2.46. The van der Waals surface area contributed by atoms with Crippen LogP contribution in [-0.2, 0) is 17.6 Å². The summed E-state index contributed by atoms with van der Waals surface area (Å²) < 4.78 is 16.0. The van der Waals surface area contributed by atoms with Gasteiger partial charge in [0.1, 0.15) is 0 Å². The molecule has 4 heteroatoms. The van der Waals surface area contributed by atoms with Crippen LogP contribution in [0.4, 0.5) is 0 Å². The van der Waals surface area contributed by atoms with Gasteiger partial charge in [-0.3, -0.25) is 4.79 Å². The van der Waals surface area contributed by atoms with Gasteiger partial charge in [-0.05, 0) is 37.3 Å². The molecule has 0 radical (unpaired) electrons. The molecule has 0 heterocycles. The summed E-state index contributed by atoms with van der Waals surface area (Å²) in [5.41, 5.74) is 2.37. The van der Waals surface area contributed by atoms with Crippen molar-refractivity contribution in [2.45, 2.75) is 32.6 Å². The fraction of sp³-hybridized carbons (Fsp3) is 0.500. The summed E-state index contributed by atoms with van der Waals surface area (Å²) in [6, 6.07) is 1.90. The summed E-state index contributed by atoms with van der Waals surface area (Å²) in [5, 5.41) is 0.